The van der Waals surface area contributed by atoms with Gasteiger partial charge in [-0.25, -0.2) is 0 Å². The third-order valence-electron chi connectivity index (χ3n) is 4.85. The molecular weight excluding hydrogens is 214 g/mol. The second-order valence-electron chi connectivity index (χ2n) is 5.93. The SMILES string of the molecule is CC1CCN(C(C)C2CCCCC2)C1C(=O)O. The summed E-state index contributed by atoms with van der Waals surface area (Å²) in [5.41, 5.74) is 0. The maximum atomic E-state index is 11.4. The highest BCUT2D eigenvalue weighted by Gasteiger charge is 2.40. The van der Waals surface area contributed by atoms with Gasteiger partial charge in [0.05, 0.1) is 0 Å². The molecular formula is C14H25NO2. The van der Waals surface area contributed by atoms with Crippen LogP contribution in [0, 0.1) is 11.8 Å². The zero-order valence-electron chi connectivity index (χ0n) is 11.1. The molecule has 0 aromatic heterocycles. The molecule has 3 nitrogen and oxygen atoms in total. The van der Waals surface area contributed by atoms with Crippen molar-refractivity contribution in [3.63, 3.8) is 0 Å². The van der Waals surface area contributed by atoms with Crippen molar-refractivity contribution in [2.75, 3.05) is 6.54 Å². The van der Waals surface area contributed by atoms with Crippen molar-refractivity contribution in [2.24, 2.45) is 11.8 Å². The summed E-state index contributed by atoms with van der Waals surface area (Å²) in [6.45, 7) is 5.28. The van der Waals surface area contributed by atoms with Crippen molar-refractivity contribution in [1.82, 2.24) is 4.90 Å². The Morgan fingerprint density at radius 2 is 1.88 bits per heavy atom. The summed E-state index contributed by atoms with van der Waals surface area (Å²) < 4.78 is 0. The minimum Gasteiger partial charge on any atom is -0.480 e. The van der Waals surface area contributed by atoms with Gasteiger partial charge in [0.15, 0.2) is 0 Å². The molecule has 3 atom stereocenters. The molecule has 1 aliphatic carbocycles. The summed E-state index contributed by atoms with van der Waals surface area (Å²) in [6.07, 6.45) is 7.64. The van der Waals surface area contributed by atoms with Crippen LogP contribution >= 0.6 is 0 Å². The van der Waals surface area contributed by atoms with E-state index in [0.29, 0.717) is 12.0 Å². The fraction of sp³-hybridized carbons (Fsp3) is 0.929. The maximum absolute atomic E-state index is 11.4. The van der Waals surface area contributed by atoms with E-state index in [9.17, 15) is 9.90 Å². The lowest BCUT2D eigenvalue weighted by molar-refractivity contribution is -0.144. The van der Waals surface area contributed by atoms with Gasteiger partial charge in [-0.1, -0.05) is 26.2 Å². The van der Waals surface area contributed by atoms with Crippen LogP contribution in [0.3, 0.4) is 0 Å². The molecule has 3 heteroatoms. The van der Waals surface area contributed by atoms with Crippen molar-refractivity contribution in [2.45, 2.75) is 64.5 Å². The molecule has 0 spiro atoms. The van der Waals surface area contributed by atoms with Gasteiger partial charge in [-0.3, -0.25) is 9.69 Å². The molecule has 17 heavy (non-hydrogen) atoms. The molecule has 3 unspecified atom stereocenters. The number of rotatable bonds is 3. The Labute approximate surface area is 104 Å². The Morgan fingerprint density at radius 3 is 2.47 bits per heavy atom. The number of hydrogen-bond donors (Lipinski definition) is 1. The normalized spacial score (nSPS) is 33.8. The standard InChI is InChI=1S/C14H25NO2/c1-10-8-9-15(13(10)14(16)17)11(2)12-6-4-3-5-7-12/h10-13H,3-9H2,1-2H3,(H,16,17). The molecule has 1 N–H and O–H groups in total. The fourth-order valence-electron chi connectivity index (χ4n) is 3.71. The molecule has 0 aromatic rings. The average Bonchev–Trinajstić information content (AvgIpc) is 2.71. The summed E-state index contributed by atoms with van der Waals surface area (Å²) in [4.78, 5) is 13.6. The lowest BCUT2D eigenvalue weighted by Crippen LogP contribution is -2.47. The monoisotopic (exact) mass is 239 g/mol. The second-order valence-corrected chi connectivity index (χ2v) is 5.93. The summed E-state index contributed by atoms with van der Waals surface area (Å²) in [5.74, 6) is 0.395. The topological polar surface area (TPSA) is 40.5 Å². The highest BCUT2D eigenvalue weighted by Crippen LogP contribution is 2.34. The van der Waals surface area contributed by atoms with E-state index < -0.39 is 5.97 Å². The average molecular weight is 239 g/mol. The molecule has 1 saturated carbocycles. The van der Waals surface area contributed by atoms with Crippen LogP contribution in [-0.4, -0.2) is 34.6 Å². The molecule has 0 radical (unpaired) electrons. The van der Waals surface area contributed by atoms with Gasteiger partial charge in [-0.15, -0.1) is 0 Å². The lowest BCUT2D eigenvalue weighted by atomic mass is 9.83. The Morgan fingerprint density at radius 1 is 1.24 bits per heavy atom. The van der Waals surface area contributed by atoms with Gasteiger partial charge in [0.25, 0.3) is 0 Å². The van der Waals surface area contributed by atoms with E-state index in [1.165, 1.54) is 32.1 Å². The summed E-state index contributed by atoms with van der Waals surface area (Å²) in [7, 11) is 0. The number of likely N-dealkylation sites (tertiary alicyclic amines) is 1. The quantitative estimate of drug-likeness (QED) is 0.823. The minimum atomic E-state index is -0.627. The first-order valence-corrected chi connectivity index (χ1v) is 7.10. The van der Waals surface area contributed by atoms with Crippen molar-refractivity contribution < 1.29 is 9.90 Å². The molecule has 98 valence electrons. The number of carboxylic acid groups (broad SMARTS) is 1. The van der Waals surface area contributed by atoms with Crippen LogP contribution in [-0.2, 0) is 4.79 Å². The Kier molecular flexibility index (Phi) is 4.08. The van der Waals surface area contributed by atoms with Gasteiger partial charge in [0, 0.05) is 6.04 Å². The van der Waals surface area contributed by atoms with Crippen LogP contribution in [0.5, 0.6) is 0 Å². The van der Waals surface area contributed by atoms with Crippen LogP contribution < -0.4 is 0 Å². The fourth-order valence-corrected chi connectivity index (χ4v) is 3.71. The predicted molar refractivity (Wildman–Crippen MR) is 67.9 cm³/mol. The number of carboxylic acids is 1. The number of aliphatic carboxylic acids is 1. The van der Waals surface area contributed by atoms with Gasteiger partial charge < -0.3 is 5.11 Å². The molecule has 2 aliphatic rings. The van der Waals surface area contributed by atoms with Gasteiger partial charge in [-0.05, 0) is 44.6 Å². The molecule has 0 aromatic carbocycles. The van der Waals surface area contributed by atoms with Crippen LogP contribution in [0.2, 0.25) is 0 Å². The third-order valence-corrected chi connectivity index (χ3v) is 4.85. The maximum Gasteiger partial charge on any atom is 0.321 e. The highest BCUT2D eigenvalue weighted by atomic mass is 16.4. The Bertz CT molecular complexity index is 273. The molecule has 0 bridgehead atoms. The third kappa shape index (κ3) is 2.65. The van der Waals surface area contributed by atoms with Gasteiger partial charge >= 0.3 is 5.97 Å². The zero-order chi connectivity index (χ0) is 12.4. The molecule has 1 heterocycles. The van der Waals surface area contributed by atoms with Crippen molar-refractivity contribution in [3.8, 4) is 0 Å². The Hall–Kier alpha value is -0.570. The van der Waals surface area contributed by atoms with E-state index in [1.54, 1.807) is 0 Å². The molecule has 0 amide bonds. The second kappa shape index (κ2) is 5.38. The van der Waals surface area contributed by atoms with Crippen molar-refractivity contribution in [3.05, 3.63) is 0 Å². The van der Waals surface area contributed by atoms with Gasteiger partial charge in [-0.2, -0.15) is 0 Å². The van der Waals surface area contributed by atoms with E-state index in [2.05, 4.69) is 18.7 Å². The van der Waals surface area contributed by atoms with E-state index in [4.69, 9.17) is 0 Å². The van der Waals surface area contributed by atoms with Crippen LogP contribution in [0.1, 0.15) is 52.4 Å². The van der Waals surface area contributed by atoms with E-state index >= 15 is 0 Å². The number of carbonyl (C=O) groups is 1. The Balaban J connectivity index is 2.02. The van der Waals surface area contributed by atoms with E-state index in [0.717, 1.165) is 18.9 Å². The van der Waals surface area contributed by atoms with Gasteiger partial charge in [0.2, 0.25) is 0 Å². The van der Waals surface area contributed by atoms with E-state index in [1.807, 2.05) is 0 Å². The van der Waals surface area contributed by atoms with Crippen LogP contribution in [0.25, 0.3) is 0 Å². The number of hydrogen-bond acceptors (Lipinski definition) is 2. The predicted octanol–water partition coefficient (Wildman–Crippen LogP) is 2.75. The van der Waals surface area contributed by atoms with Gasteiger partial charge in [0.1, 0.15) is 6.04 Å². The van der Waals surface area contributed by atoms with Crippen LogP contribution in [0.4, 0.5) is 0 Å². The number of nitrogens with zero attached hydrogens (tertiary/aromatic N) is 1. The smallest absolute Gasteiger partial charge is 0.321 e. The largest absolute Gasteiger partial charge is 0.480 e. The lowest BCUT2D eigenvalue weighted by Gasteiger charge is -2.37. The molecule has 1 aliphatic heterocycles. The zero-order valence-corrected chi connectivity index (χ0v) is 11.1. The van der Waals surface area contributed by atoms with Crippen molar-refractivity contribution in [1.29, 1.82) is 0 Å². The van der Waals surface area contributed by atoms with Crippen molar-refractivity contribution >= 4 is 5.97 Å². The minimum absolute atomic E-state index is 0.244. The molecule has 2 fully saturated rings. The first kappa shape index (κ1) is 12.9. The van der Waals surface area contributed by atoms with Crippen LogP contribution in [0.15, 0.2) is 0 Å². The first-order chi connectivity index (χ1) is 8.11. The summed E-state index contributed by atoms with van der Waals surface area (Å²) in [5, 5.41) is 9.36. The molecule has 1 saturated heterocycles. The highest BCUT2D eigenvalue weighted by molar-refractivity contribution is 5.74. The van der Waals surface area contributed by atoms with E-state index in [-0.39, 0.29) is 6.04 Å². The first-order valence-electron chi connectivity index (χ1n) is 7.10. The molecule has 2 rings (SSSR count). The summed E-state index contributed by atoms with van der Waals surface area (Å²) >= 11 is 0. The summed E-state index contributed by atoms with van der Waals surface area (Å²) in [6, 6.07) is 0.202.